The van der Waals surface area contributed by atoms with Gasteiger partial charge in [-0.2, -0.15) is 0 Å². The van der Waals surface area contributed by atoms with E-state index in [-0.39, 0.29) is 23.0 Å². The molecule has 0 unspecified atom stereocenters. The van der Waals surface area contributed by atoms with Gasteiger partial charge in [-0.05, 0) is 73.3 Å². The Morgan fingerprint density at radius 2 is 1.50 bits per heavy atom. The smallest absolute Gasteiger partial charge is 0.194 e. The normalized spacial score (nSPS) is 20.1. The molecule has 0 radical (unpaired) electrons. The van der Waals surface area contributed by atoms with E-state index >= 15 is 0 Å². The molecule has 2 aromatic carbocycles. The van der Waals surface area contributed by atoms with Gasteiger partial charge in [0.1, 0.15) is 11.6 Å². The van der Waals surface area contributed by atoms with Gasteiger partial charge in [0.2, 0.25) is 0 Å². The van der Waals surface area contributed by atoms with Crippen molar-refractivity contribution in [3.63, 3.8) is 0 Å². The average molecular weight is 394 g/mol. The van der Waals surface area contributed by atoms with Crippen molar-refractivity contribution in [2.75, 3.05) is 0 Å². The zero-order chi connectivity index (χ0) is 20.3. The molecule has 3 rings (SSSR count). The Kier molecular flexibility index (Phi) is 6.53. The van der Waals surface area contributed by atoms with E-state index in [1.807, 2.05) is 6.92 Å². The predicted octanol–water partition coefficient (Wildman–Crippen LogP) is 7.32. The van der Waals surface area contributed by atoms with E-state index in [1.54, 1.807) is 6.08 Å². The second-order valence-electron chi connectivity index (χ2n) is 7.46. The predicted molar refractivity (Wildman–Crippen MR) is 100 cm³/mol. The fraction of sp³-hybridized carbons (Fsp3) is 0.391. The molecule has 1 saturated carbocycles. The van der Waals surface area contributed by atoms with Crippen LogP contribution in [-0.2, 0) is 6.42 Å². The highest BCUT2D eigenvalue weighted by Gasteiger charge is 2.25. The van der Waals surface area contributed by atoms with Gasteiger partial charge in [-0.15, -0.1) is 0 Å². The number of benzene rings is 2. The van der Waals surface area contributed by atoms with Crippen LogP contribution < -0.4 is 0 Å². The third-order valence-electron chi connectivity index (χ3n) is 5.49. The molecule has 28 heavy (non-hydrogen) atoms. The van der Waals surface area contributed by atoms with Crippen LogP contribution in [-0.4, -0.2) is 0 Å². The third kappa shape index (κ3) is 4.45. The molecule has 0 atom stereocenters. The van der Waals surface area contributed by atoms with Crippen LogP contribution >= 0.6 is 0 Å². The first-order valence-electron chi connectivity index (χ1n) is 9.70. The Labute approximate surface area is 162 Å². The Bertz CT molecular complexity index is 841. The van der Waals surface area contributed by atoms with Crippen molar-refractivity contribution in [3.8, 4) is 0 Å². The zero-order valence-corrected chi connectivity index (χ0v) is 15.8. The van der Waals surface area contributed by atoms with Crippen molar-refractivity contribution >= 4 is 6.08 Å². The molecule has 2 aromatic rings. The summed E-state index contributed by atoms with van der Waals surface area (Å²) >= 11 is 0. The van der Waals surface area contributed by atoms with E-state index in [1.165, 1.54) is 24.3 Å². The first-order valence-corrected chi connectivity index (χ1v) is 9.70. The van der Waals surface area contributed by atoms with Gasteiger partial charge in [0.25, 0.3) is 0 Å². The first kappa shape index (κ1) is 20.6. The standard InChI is InChI=1S/C23H23F5/c1-2-3-15-12-20(25)18(21(26)13-15)9-6-14-4-7-16(8-5-14)17-10-11-19(24)23(28)22(17)27/h6,9-14,16H,2-5,7-8H2,1H3. The van der Waals surface area contributed by atoms with Crippen LogP contribution in [0.4, 0.5) is 22.0 Å². The molecule has 1 aliphatic carbocycles. The summed E-state index contributed by atoms with van der Waals surface area (Å²) in [5, 5.41) is 0. The molecule has 0 bridgehead atoms. The van der Waals surface area contributed by atoms with Crippen molar-refractivity contribution in [2.24, 2.45) is 5.92 Å². The van der Waals surface area contributed by atoms with Gasteiger partial charge in [0.15, 0.2) is 17.5 Å². The average Bonchev–Trinajstić information content (AvgIpc) is 2.66. The number of aryl methyl sites for hydroxylation is 1. The molecule has 0 amide bonds. The van der Waals surface area contributed by atoms with E-state index in [9.17, 15) is 22.0 Å². The quantitative estimate of drug-likeness (QED) is 0.368. The number of hydrogen-bond acceptors (Lipinski definition) is 0. The monoisotopic (exact) mass is 394 g/mol. The summed E-state index contributed by atoms with van der Waals surface area (Å²) < 4.78 is 68.9. The summed E-state index contributed by atoms with van der Waals surface area (Å²) in [5.74, 6) is -4.95. The van der Waals surface area contributed by atoms with Gasteiger partial charge < -0.3 is 0 Å². The van der Waals surface area contributed by atoms with Crippen LogP contribution in [0.25, 0.3) is 6.08 Å². The molecule has 0 aromatic heterocycles. The zero-order valence-electron chi connectivity index (χ0n) is 15.8. The lowest BCUT2D eigenvalue weighted by atomic mass is 9.78. The van der Waals surface area contributed by atoms with Crippen LogP contribution in [0.15, 0.2) is 30.3 Å². The van der Waals surface area contributed by atoms with Crippen molar-refractivity contribution in [3.05, 3.63) is 76.1 Å². The van der Waals surface area contributed by atoms with Crippen molar-refractivity contribution < 1.29 is 22.0 Å². The Morgan fingerprint density at radius 3 is 2.11 bits per heavy atom. The maximum absolute atomic E-state index is 14.2. The van der Waals surface area contributed by atoms with Crippen LogP contribution in [0.2, 0.25) is 0 Å². The maximum atomic E-state index is 14.2. The summed E-state index contributed by atoms with van der Waals surface area (Å²) in [6.45, 7) is 1.95. The highest BCUT2D eigenvalue weighted by Crippen LogP contribution is 2.38. The minimum absolute atomic E-state index is 0.0476. The maximum Gasteiger partial charge on any atom is 0.194 e. The molecule has 0 spiro atoms. The summed E-state index contributed by atoms with van der Waals surface area (Å²) in [6.07, 6.45) is 7.31. The number of rotatable bonds is 5. The van der Waals surface area contributed by atoms with Crippen LogP contribution in [0, 0.1) is 35.0 Å². The minimum Gasteiger partial charge on any atom is -0.206 e. The van der Waals surface area contributed by atoms with Gasteiger partial charge in [-0.1, -0.05) is 31.6 Å². The molecule has 0 nitrogen and oxygen atoms in total. The van der Waals surface area contributed by atoms with E-state index < -0.39 is 29.1 Å². The van der Waals surface area contributed by atoms with Crippen LogP contribution in [0.1, 0.15) is 61.6 Å². The van der Waals surface area contributed by atoms with Crippen molar-refractivity contribution in [2.45, 2.75) is 51.4 Å². The molecule has 1 aliphatic rings. The fourth-order valence-corrected chi connectivity index (χ4v) is 3.94. The Morgan fingerprint density at radius 1 is 0.857 bits per heavy atom. The van der Waals surface area contributed by atoms with E-state index in [0.29, 0.717) is 37.7 Å². The molecule has 0 N–H and O–H groups in total. The van der Waals surface area contributed by atoms with E-state index in [4.69, 9.17) is 0 Å². The molecule has 0 saturated heterocycles. The molecule has 5 heteroatoms. The lowest BCUT2D eigenvalue weighted by molar-refractivity contribution is 0.360. The summed E-state index contributed by atoms with van der Waals surface area (Å²) in [7, 11) is 0. The SMILES string of the molecule is CCCc1cc(F)c(C=CC2CCC(c3ccc(F)c(F)c3F)CC2)c(F)c1. The van der Waals surface area contributed by atoms with Crippen molar-refractivity contribution in [1.82, 2.24) is 0 Å². The molecular formula is C23H23F5. The van der Waals surface area contributed by atoms with Gasteiger partial charge in [0, 0.05) is 5.56 Å². The van der Waals surface area contributed by atoms with Gasteiger partial charge in [-0.25, -0.2) is 22.0 Å². The van der Waals surface area contributed by atoms with E-state index in [2.05, 4.69) is 0 Å². The Balaban J connectivity index is 1.66. The highest BCUT2D eigenvalue weighted by atomic mass is 19.2. The molecule has 1 fully saturated rings. The largest absolute Gasteiger partial charge is 0.206 e. The van der Waals surface area contributed by atoms with Gasteiger partial charge in [-0.3, -0.25) is 0 Å². The molecule has 150 valence electrons. The minimum atomic E-state index is -1.43. The van der Waals surface area contributed by atoms with Gasteiger partial charge >= 0.3 is 0 Å². The highest BCUT2D eigenvalue weighted by molar-refractivity contribution is 5.52. The Hall–Kier alpha value is -2.17. The van der Waals surface area contributed by atoms with Crippen LogP contribution in [0.5, 0.6) is 0 Å². The second kappa shape index (κ2) is 8.89. The molecule has 0 heterocycles. The fourth-order valence-electron chi connectivity index (χ4n) is 3.94. The summed E-state index contributed by atoms with van der Waals surface area (Å²) in [5.41, 5.74) is 0.794. The number of halogens is 5. The van der Waals surface area contributed by atoms with E-state index in [0.717, 1.165) is 12.5 Å². The molecule has 0 aliphatic heterocycles. The van der Waals surface area contributed by atoms with Gasteiger partial charge in [0.05, 0.1) is 0 Å². The second-order valence-corrected chi connectivity index (χ2v) is 7.46. The van der Waals surface area contributed by atoms with Crippen LogP contribution in [0.3, 0.4) is 0 Å². The van der Waals surface area contributed by atoms with Crippen molar-refractivity contribution in [1.29, 1.82) is 0 Å². The molecular weight excluding hydrogens is 371 g/mol. The topological polar surface area (TPSA) is 0 Å². The summed E-state index contributed by atoms with van der Waals surface area (Å²) in [4.78, 5) is 0. The lowest BCUT2D eigenvalue weighted by Crippen LogP contribution is -2.14. The number of allylic oxidation sites excluding steroid dienone is 1. The third-order valence-corrected chi connectivity index (χ3v) is 5.49. The summed E-state index contributed by atoms with van der Waals surface area (Å²) in [6, 6.07) is 4.99. The lowest BCUT2D eigenvalue weighted by Gasteiger charge is -2.27. The number of hydrogen-bond donors (Lipinski definition) is 0. The first-order chi connectivity index (χ1) is 13.4.